The summed E-state index contributed by atoms with van der Waals surface area (Å²) < 4.78 is 20.3. The first-order valence-electron chi connectivity index (χ1n) is 10.9. The number of aromatic nitrogens is 2. The molecule has 3 heterocycles. The standard InChI is InChI=1S/C25H25Cl2FN4O2/c1-25(2,3)24(33)32-18-8-10-30-23(27)15(18)13-31-19-12-21-14(11-16(19)26)6-7-20(34-21)22-17(28)5-4-9-29-22/h4-5,8-12,20,31H,6-7,13H2,1-3H3,(H,30,32,33). The molecular formula is C25H25Cl2FN4O2. The molecule has 0 saturated carbocycles. The Labute approximate surface area is 207 Å². The fourth-order valence-electron chi connectivity index (χ4n) is 3.61. The third kappa shape index (κ3) is 5.26. The lowest BCUT2D eigenvalue weighted by Gasteiger charge is -2.27. The van der Waals surface area contributed by atoms with Gasteiger partial charge < -0.3 is 15.4 Å². The molecule has 6 nitrogen and oxygen atoms in total. The zero-order valence-corrected chi connectivity index (χ0v) is 20.6. The summed E-state index contributed by atoms with van der Waals surface area (Å²) in [4.78, 5) is 20.8. The van der Waals surface area contributed by atoms with E-state index in [1.54, 1.807) is 30.6 Å². The van der Waals surface area contributed by atoms with Crippen LogP contribution in [0.1, 0.15) is 50.1 Å². The number of carbonyl (C=O) groups is 1. The zero-order valence-electron chi connectivity index (χ0n) is 19.1. The summed E-state index contributed by atoms with van der Waals surface area (Å²) in [5, 5.41) is 6.97. The number of benzene rings is 1. The molecule has 2 N–H and O–H groups in total. The number of ether oxygens (including phenoxy) is 1. The van der Waals surface area contributed by atoms with Gasteiger partial charge in [-0.3, -0.25) is 9.78 Å². The number of fused-ring (bicyclic) bond motifs is 1. The molecule has 1 unspecified atom stereocenters. The van der Waals surface area contributed by atoms with Gasteiger partial charge in [0.1, 0.15) is 28.5 Å². The number of carbonyl (C=O) groups excluding carboxylic acids is 1. The van der Waals surface area contributed by atoms with Gasteiger partial charge in [-0.25, -0.2) is 9.37 Å². The van der Waals surface area contributed by atoms with Gasteiger partial charge in [-0.05, 0) is 42.7 Å². The van der Waals surface area contributed by atoms with Gasteiger partial charge in [0.15, 0.2) is 0 Å². The highest BCUT2D eigenvalue weighted by Gasteiger charge is 2.26. The molecule has 1 aliphatic rings. The van der Waals surface area contributed by atoms with Gasteiger partial charge in [-0.2, -0.15) is 0 Å². The van der Waals surface area contributed by atoms with Crippen molar-refractivity contribution in [2.75, 3.05) is 10.6 Å². The quantitative estimate of drug-likeness (QED) is 0.385. The van der Waals surface area contributed by atoms with Crippen molar-refractivity contribution < 1.29 is 13.9 Å². The average Bonchev–Trinajstić information content (AvgIpc) is 2.78. The van der Waals surface area contributed by atoms with Gasteiger partial charge in [0, 0.05) is 36.0 Å². The second-order valence-corrected chi connectivity index (χ2v) is 9.91. The minimum absolute atomic E-state index is 0.135. The molecule has 1 atom stereocenters. The maximum Gasteiger partial charge on any atom is 0.229 e. The number of pyridine rings is 2. The molecule has 0 saturated heterocycles. The van der Waals surface area contributed by atoms with E-state index in [-0.39, 0.29) is 23.4 Å². The topological polar surface area (TPSA) is 76.1 Å². The molecule has 0 bridgehead atoms. The molecule has 0 radical (unpaired) electrons. The summed E-state index contributed by atoms with van der Waals surface area (Å²) in [5.41, 5.74) is 2.49. The number of aryl methyl sites for hydroxylation is 1. The lowest BCUT2D eigenvalue weighted by Crippen LogP contribution is -2.28. The molecule has 3 aromatic rings. The molecule has 2 aromatic heterocycles. The first-order valence-corrected chi connectivity index (χ1v) is 11.7. The molecule has 1 amide bonds. The fraction of sp³-hybridized carbons (Fsp3) is 0.320. The molecule has 0 spiro atoms. The Hall–Kier alpha value is -2.90. The second-order valence-electron chi connectivity index (χ2n) is 9.14. The number of nitrogens with one attached hydrogen (secondary N) is 2. The SMILES string of the molecule is CC(C)(C)C(=O)Nc1ccnc(Cl)c1CNc1cc2c(cc1Cl)CCC(c1ncccc1F)O2. The van der Waals surface area contributed by atoms with Crippen LogP contribution < -0.4 is 15.4 Å². The van der Waals surface area contributed by atoms with Crippen molar-refractivity contribution in [1.29, 1.82) is 0 Å². The first-order chi connectivity index (χ1) is 16.1. The third-order valence-electron chi connectivity index (χ3n) is 5.58. The Balaban J connectivity index is 1.55. The molecule has 9 heteroatoms. The molecule has 4 rings (SSSR count). The van der Waals surface area contributed by atoms with Crippen LogP contribution in [0.25, 0.3) is 0 Å². The van der Waals surface area contributed by atoms with E-state index >= 15 is 0 Å². The Kier molecular flexibility index (Phi) is 6.96. The molecule has 34 heavy (non-hydrogen) atoms. The summed E-state index contributed by atoms with van der Waals surface area (Å²) in [6.45, 7) is 5.77. The van der Waals surface area contributed by atoms with Crippen molar-refractivity contribution in [2.45, 2.75) is 46.3 Å². The first kappa shape index (κ1) is 24.2. The maximum absolute atomic E-state index is 14.2. The van der Waals surface area contributed by atoms with Crippen LogP contribution in [0.4, 0.5) is 15.8 Å². The number of halogens is 3. The van der Waals surface area contributed by atoms with Crippen LogP contribution >= 0.6 is 23.2 Å². The summed E-state index contributed by atoms with van der Waals surface area (Å²) in [6.07, 6.45) is 3.91. The van der Waals surface area contributed by atoms with Crippen molar-refractivity contribution >= 4 is 40.5 Å². The summed E-state index contributed by atoms with van der Waals surface area (Å²) in [5.74, 6) is 0.0927. The van der Waals surface area contributed by atoms with E-state index in [0.717, 1.165) is 5.56 Å². The van der Waals surface area contributed by atoms with Crippen molar-refractivity contribution in [2.24, 2.45) is 5.41 Å². The summed E-state index contributed by atoms with van der Waals surface area (Å²) in [6, 6.07) is 8.28. The average molecular weight is 503 g/mol. The Morgan fingerprint density at radius 2 is 1.97 bits per heavy atom. The van der Waals surface area contributed by atoms with Crippen LogP contribution in [-0.4, -0.2) is 15.9 Å². The van der Waals surface area contributed by atoms with Crippen LogP contribution in [0, 0.1) is 11.2 Å². The monoisotopic (exact) mass is 502 g/mol. The third-order valence-corrected chi connectivity index (χ3v) is 6.21. The van der Waals surface area contributed by atoms with Crippen LogP contribution in [0.3, 0.4) is 0 Å². The van der Waals surface area contributed by atoms with Crippen LogP contribution in [0.15, 0.2) is 42.7 Å². The van der Waals surface area contributed by atoms with Crippen LogP contribution in [-0.2, 0) is 17.8 Å². The van der Waals surface area contributed by atoms with Gasteiger partial charge in [-0.15, -0.1) is 0 Å². The minimum Gasteiger partial charge on any atom is -0.484 e. The number of nitrogens with zero attached hydrogens (tertiary/aromatic N) is 2. The number of rotatable bonds is 5. The lowest BCUT2D eigenvalue weighted by molar-refractivity contribution is -0.123. The van der Waals surface area contributed by atoms with E-state index in [9.17, 15) is 9.18 Å². The van der Waals surface area contributed by atoms with E-state index in [1.807, 2.05) is 26.8 Å². The lowest BCUT2D eigenvalue weighted by atomic mass is 9.95. The Morgan fingerprint density at radius 3 is 2.71 bits per heavy atom. The highest BCUT2D eigenvalue weighted by Crippen LogP contribution is 2.40. The Morgan fingerprint density at radius 1 is 1.18 bits per heavy atom. The highest BCUT2D eigenvalue weighted by atomic mass is 35.5. The van der Waals surface area contributed by atoms with Gasteiger partial charge >= 0.3 is 0 Å². The maximum atomic E-state index is 14.2. The van der Waals surface area contributed by atoms with E-state index < -0.39 is 11.5 Å². The molecule has 178 valence electrons. The largest absolute Gasteiger partial charge is 0.484 e. The van der Waals surface area contributed by atoms with E-state index in [0.29, 0.717) is 46.2 Å². The van der Waals surface area contributed by atoms with Crippen molar-refractivity contribution in [3.63, 3.8) is 0 Å². The minimum atomic E-state index is -0.566. The molecule has 0 fully saturated rings. The van der Waals surface area contributed by atoms with E-state index in [4.69, 9.17) is 27.9 Å². The van der Waals surface area contributed by atoms with Crippen LogP contribution in [0.5, 0.6) is 5.75 Å². The predicted molar refractivity (Wildman–Crippen MR) is 132 cm³/mol. The second kappa shape index (κ2) is 9.76. The number of anilines is 2. The zero-order chi connectivity index (χ0) is 24.5. The molecular weight excluding hydrogens is 478 g/mol. The smallest absolute Gasteiger partial charge is 0.229 e. The van der Waals surface area contributed by atoms with Gasteiger partial charge in [0.2, 0.25) is 5.91 Å². The predicted octanol–water partition coefficient (Wildman–Crippen LogP) is 6.59. The van der Waals surface area contributed by atoms with Crippen LogP contribution in [0.2, 0.25) is 10.2 Å². The molecule has 0 aliphatic carbocycles. The number of hydrogen-bond acceptors (Lipinski definition) is 5. The van der Waals surface area contributed by atoms with Gasteiger partial charge in [0.25, 0.3) is 0 Å². The highest BCUT2D eigenvalue weighted by molar-refractivity contribution is 6.33. The van der Waals surface area contributed by atoms with Gasteiger partial charge in [-0.1, -0.05) is 44.0 Å². The van der Waals surface area contributed by atoms with E-state index in [1.165, 1.54) is 6.07 Å². The summed E-state index contributed by atoms with van der Waals surface area (Å²) in [7, 11) is 0. The summed E-state index contributed by atoms with van der Waals surface area (Å²) >= 11 is 12.9. The molecule has 1 aliphatic heterocycles. The normalized spacial score (nSPS) is 15.3. The van der Waals surface area contributed by atoms with Gasteiger partial charge in [0.05, 0.1) is 16.4 Å². The number of amides is 1. The number of hydrogen-bond donors (Lipinski definition) is 2. The van der Waals surface area contributed by atoms with Crippen molar-refractivity contribution in [1.82, 2.24) is 9.97 Å². The fourth-order valence-corrected chi connectivity index (χ4v) is 4.08. The molecule has 1 aromatic carbocycles. The Bertz CT molecular complexity index is 1230. The van der Waals surface area contributed by atoms with E-state index in [2.05, 4.69) is 20.6 Å². The van der Waals surface area contributed by atoms with Crippen molar-refractivity contribution in [3.8, 4) is 5.75 Å². The van der Waals surface area contributed by atoms with Crippen molar-refractivity contribution in [3.05, 3.63) is 75.5 Å².